The van der Waals surface area contributed by atoms with Crippen molar-refractivity contribution in [1.82, 2.24) is 20.3 Å². The molecule has 0 aliphatic carbocycles. The number of hydrogen-bond donors (Lipinski definition) is 1. The number of rotatable bonds is 3. The van der Waals surface area contributed by atoms with Crippen LogP contribution in [-0.2, 0) is 5.41 Å². The molecule has 5 nitrogen and oxygen atoms in total. The molecule has 0 spiro atoms. The summed E-state index contributed by atoms with van der Waals surface area (Å²) < 4.78 is 44.4. The number of halogens is 3. The molecule has 0 aliphatic rings. The predicted molar refractivity (Wildman–Crippen MR) is 81.1 cm³/mol. The van der Waals surface area contributed by atoms with Gasteiger partial charge in [0.2, 0.25) is 5.82 Å². The molecule has 2 aromatic heterocycles. The van der Waals surface area contributed by atoms with Crippen molar-refractivity contribution in [3.05, 3.63) is 41.6 Å². The Morgan fingerprint density at radius 1 is 1.08 bits per heavy atom. The van der Waals surface area contributed by atoms with E-state index in [-0.39, 0.29) is 11.5 Å². The van der Waals surface area contributed by atoms with Crippen LogP contribution in [0.2, 0.25) is 0 Å². The standard InChI is InChI=1S/C16H15F3N4O/c1-9-8-12(22-21-9)14-20-13(23-24-14)10-4-6-11(7-5-10)15(2,3)16(17,18)19/h4-8H,1-3H3,(H,21,22). The summed E-state index contributed by atoms with van der Waals surface area (Å²) >= 11 is 0. The highest BCUT2D eigenvalue weighted by Gasteiger charge is 2.48. The van der Waals surface area contributed by atoms with E-state index in [9.17, 15) is 13.2 Å². The second-order valence-corrected chi connectivity index (χ2v) is 6.06. The topological polar surface area (TPSA) is 67.6 Å². The molecule has 0 atom stereocenters. The van der Waals surface area contributed by atoms with Crippen LogP contribution in [0, 0.1) is 6.92 Å². The first-order valence-corrected chi connectivity index (χ1v) is 7.22. The lowest BCUT2D eigenvalue weighted by Gasteiger charge is -2.28. The number of aryl methyl sites for hydroxylation is 1. The minimum absolute atomic E-state index is 0.172. The van der Waals surface area contributed by atoms with Crippen LogP contribution in [-0.4, -0.2) is 26.5 Å². The maximum Gasteiger partial charge on any atom is 0.397 e. The first-order valence-electron chi connectivity index (χ1n) is 7.22. The number of H-pyrrole nitrogens is 1. The van der Waals surface area contributed by atoms with Crippen LogP contribution in [0.1, 0.15) is 25.1 Å². The molecule has 0 bridgehead atoms. The van der Waals surface area contributed by atoms with Gasteiger partial charge >= 0.3 is 6.18 Å². The van der Waals surface area contributed by atoms with Crippen LogP contribution in [0.4, 0.5) is 13.2 Å². The van der Waals surface area contributed by atoms with Gasteiger partial charge in [0.25, 0.3) is 5.89 Å². The van der Waals surface area contributed by atoms with Gasteiger partial charge in [0.1, 0.15) is 0 Å². The number of aromatic nitrogens is 4. The molecule has 0 aliphatic heterocycles. The van der Waals surface area contributed by atoms with Crippen molar-refractivity contribution < 1.29 is 17.7 Å². The summed E-state index contributed by atoms with van der Waals surface area (Å²) in [6.07, 6.45) is -4.33. The quantitative estimate of drug-likeness (QED) is 0.775. The van der Waals surface area contributed by atoms with E-state index in [0.717, 1.165) is 19.5 Å². The molecule has 1 N–H and O–H groups in total. The van der Waals surface area contributed by atoms with E-state index < -0.39 is 11.6 Å². The number of nitrogens with zero attached hydrogens (tertiary/aromatic N) is 3. The Hall–Kier alpha value is -2.64. The van der Waals surface area contributed by atoms with Gasteiger partial charge < -0.3 is 4.52 Å². The lowest BCUT2D eigenvalue weighted by molar-refractivity contribution is -0.180. The Balaban J connectivity index is 1.88. The first-order chi connectivity index (χ1) is 11.2. The molecule has 0 radical (unpaired) electrons. The molecule has 0 amide bonds. The highest BCUT2D eigenvalue weighted by atomic mass is 19.4. The summed E-state index contributed by atoms with van der Waals surface area (Å²) in [4.78, 5) is 4.22. The van der Waals surface area contributed by atoms with E-state index in [0.29, 0.717) is 17.1 Å². The number of alkyl halides is 3. The zero-order valence-electron chi connectivity index (χ0n) is 13.3. The van der Waals surface area contributed by atoms with Gasteiger partial charge in [-0.25, -0.2) is 0 Å². The molecule has 0 fully saturated rings. The van der Waals surface area contributed by atoms with Gasteiger partial charge in [-0.3, -0.25) is 5.10 Å². The van der Waals surface area contributed by atoms with E-state index in [4.69, 9.17) is 4.52 Å². The lowest BCUT2D eigenvalue weighted by atomic mass is 9.83. The molecule has 0 saturated heterocycles. The summed E-state index contributed by atoms with van der Waals surface area (Å²) in [5.41, 5.74) is 0.175. The molecule has 8 heteroatoms. The van der Waals surface area contributed by atoms with Crippen LogP contribution in [0.25, 0.3) is 23.0 Å². The van der Waals surface area contributed by atoms with Gasteiger partial charge in [0.15, 0.2) is 5.69 Å². The highest BCUT2D eigenvalue weighted by Crippen LogP contribution is 2.40. The summed E-state index contributed by atoms with van der Waals surface area (Å²) in [5, 5.41) is 10.6. The van der Waals surface area contributed by atoms with Gasteiger partial charge in [0, 0.05) is 11.3 Å². The number of nitrogens with one attached hydrogen (secondary N) is 1. The molecular weight excluding hydrogens is 321 g/mol. The lowest BCUT2D eigenvalue weighted by Crippen LogP contribution is -2.36. The van der Waals surface area contributed by atoms with Crippen LogP contribution in [0.5, 0.6) is 0 Å². The number of hydrogen-bond acceptors (Lipinski definition) is 4. The smallest absolute Gasteiger partial charge is 0.332 e. The van der Waals surface area contributed by atoms with Gasteiger partial charge in [-0.15, -0.1) is 0 Å². The van der Waals surface area contributed by atoms with Crippen molar-refractivity contribution in [2.45, 2.75) is 32.4 Å². The Labute approximate surface area is 135 Å². The molecule has 3 rings (SSSR count). The second-order valence-electron chi connectivity index (χ2n) is 6.06. The van der Waals surface area contributed by atoms with Crippen LogP contribution in [0.3, 0.4) is 0 Å². The van der Waals surface area contributed by atoms with Gasteiger partial charge in [0.05, 0.1) is 5.41 Å². The van der Waals surface area contributed by atoms with Crippen LogP contribution >= 0.6 is 0 Å². The fourth-order valence-electron chi connectivity index (χ4n) is 2.17. The third-order valence-electron chi connectivity index (χ3n) is 3.92. The average molecular weight is 336 g/mol. The Bertz CT molecular complexity index is 847. The van der Waals surface area contributed by atoms with Gasteiger partial charge in [-0.2, -0.15) is 23.3 Å². The van der Waals surface area contributed by atoms with Crippen molar-refractivity contribution in [3.63, 3.8) is 0 Å². The molecule has 24 heavy (non-hydrogen) atoms. The van der Waals surface area contributed by atoms with Crippen molar-refractivity contribution in [3.8, 4) is 23.0 Å². The van der Waals surface area contributed by atoms with Crippen LogP contribution < -0.4 is 0 Å². The fourth-order valence-corrected chi connectivity index (χ4v) is 2.17. The number of aromatic amines is 1. The maximum absolute atomic E-state index is 13.1. The molecule has 1 aromatic carbocycles. The maximum atomic E-state index is 13.1. The first kappa shape index (κ1) is 16.2. The number of benzene rings is 1. The molecule has 2 heterocycles. The summed E-state index contributed by atoms with van der Waals surface area (Å²) in [5.74, 6) is 0.538. The van der Waals surface area contributed by atoms with Crippen molar-refractivity contribution in [2.75, 3.05) is 0 Å². The third kappa shape index (κ3) is 2.79. The Kier molecular flexibility index (Phi) is 3.70. The Morgan fingerprint density at radius 2 is 1.75 bits per heavy atom. The van der Waals surface area contributed by atoms with E-state index in [1.807, 2.05) is 6.92 Å². The molecule has 3 aromatic rings. The van der Waals surface area contributed by atoms with E-state index >= 15 is 0 Å². The minimum Gasteiger partial charge on any atom is -0.332 e. The summed E-state index contributed by atoms with van der Waals surface area (Å²) in [6, 6.07) is 7.71. The zero-order chi connectivity index (χ0) is 17.5. The predicted octanol–water partition coefficient (Wildman–Crippen LogP) is 4.28. The fraction of sp³-hybridized carbons (Fsp3) is 0.312. The highest BCUT2D eigenvalue weighted by molar-refractivity contribution is 5.58. The van der Waals surface area contributed by atoms with Crippen LogP contribution in [0.15, 0.2) is 34.9 Å². The average Bonchev–Trinajstić information content (AvgIpc) is 3.15. The molecule has 0 saturated carbocycles. The van der Waals surface area contributed by atoms with E-state index in [1.54, 1.807) is 18.2 Å². The normalized spacial score (nSPS) is 12.6. The van der Waals surface area contributed by atoms with Gasteiger partial charge in [-0.1, -0.05) is 29.4 Å². The van der Waals surface area contributed by atoms with Crippen molar-refractivity contribution in [2.24, 2.45) is 0 Å². The molecule has 126 valence electrons. The Morgan fingerprint density at radius 3 is 2.29 bits per heavy atom. The summed E-state index contributed by atoms with van der Waals surface area (Å²) in [7, 11) is 0. The zero-order valence-corrected chi connectivity index (χ0v) is 13.3. The molecule has 0 unspecified atom stereocenters. The monoisotopic (exact) mass is 336 g/mol. The van der Waals surface area contributed by atoms with E-state index in [2.05, 4.69) is 20.3 Å². The van der Waals surface area contributed by atoms with Crippen molar-refractivity contribution in [1.29, 1.82) is 0 Å². The summed E-state index contributed by atoms with van der Waals surface area (Å²) in [6.45, 7) is 4.14. The minimum atomic E-state index is -4.33. The van der Waals surface area contributed by atoms with Crippen molar-refractivity contribution >= 4 is 0 Å². The van der Waals surface area contributed by atoms with E-state index in [1.165, 1.54) is 12.1 Å². The second kappa shape index (κ2) is 5.47. The van der Waals surface area contributed by atoms with Gasteiger partial charge in [-0.05, 0) is 32.4 Å². The SMILES string of the molecule is Cc1cc(-c2nc(-c3ccc(C(C)(C)C(F)(F)F)cc3)no2)n[nH]1. The molecular formula is C16H15F3N4O. The largest absolute Gasteiger partial charge is 0.397 e. The third-order valence-corrected chi connectivity index (χ3v) is 3.92.